The molecule has 228 valence electrons. The molecule has 4 fully saturated rings. The Hall–Kier alpha value is -3.38. The average molecular weight is 617 g/mol. The Bertz CT molecular complexity index is 1560. The summed E-state index contributed by atoms with van der Waals surface area (Å²) in [5.74, 6) is -4.96. The number of ether oxygens (including phenoxy) is 3. The fourth-order valence-corrected chi connectivity index (χ4v) is 8.77. The second-order valence-corrected chi connectivity index (χ2v) is 13.8. The molecule has 9 nitrogen and oxygen atoms in total. The molecule has 6 aliphatic carbocycles. The summed E-state index contributed by atoms with van der Waals surface area (Å²) in [5, 5.41) is -4.38. The van der Waals surface area contributed by atoms with Gasteiger partial charge in [-0.3, -0.25) is 18.9 Å². The highest BCUT2D eigenvalue weighted by molar-refractivity contribution is 7.86. The van der Waals surface area contributed by atoms with Crippen molar-refractivity contribution in [2.45, 2.75) is 61.4 Å². The molecular formula is C31H30F2O9S. The Morgan fingerprint density at radius 1 is 0.930 bits per heavy atom. The van der Waals surface area contributed by atoms with Crippen molar-refractivity contribution in [2.75, 3.05) is 6.61 Å². The summed E-state index contributed by atoms with van der Waals surface area (Å²) in [7, 11) is -5.61. The molecule has 0 amide bonds. The van der Waals surface area contributed by atoms with Crippen LogP contribution in [0, 0.1) is 29.6 Å². The zero-order chi connectivity index (χ0) is 30.3. The Morgan fingerprint density at radius 2 is 1.49 bits per heavy atom. The van der Waals surface area contributed by atoms with Gasteiger partial charge in [0.15, 0.2) is 0 Å². The maximum absolute atomic E-state index is 14.2. The second kappa shape index (κ2) is 10.1. The number of carbonyl (C=O) groups excluding carboxylic acids is 3. The van der Waals surface area contributed by atoms with Crippen molar-refractivity contribution in [3.63, 3.8) is 0 Å². The van der Waals surface area contributed by atoms with Crippen LogP contribution in [0.1, 0.15) is 66.2 Å². The normalized spacial score (nSPS) is 33.4. The highest BCUT2D eigenvalue weighted by Crippen LogP contribution is 2.59. The summed E-state index contributed by atoms with van der Waals surface area (Å²) < 4.78 is 75.4. The molecular weight excluding hydrogens is 586 g/mol. The lowest BCUT2D eigenvalue weighted by Gasteiger charge is -2.49. The van der Waals surface area contributed by atoms with Crippen LogP contribution in [0.2, 0.25) is 0 Å². The van der Waals surface area contributed by atoms with Crippen LogP contribution in [-0.2, 0) is 38.7 Å². The molecule has 7 aliphatic rings. The number of alkyl halides is 2. The Kier molecular flexibility index (Phi) is 6.66. The number of carbonyl (C=O) groups is 3. The van der Waals surface area contributed by atoms with Crippen LogP contribution in [0.25, 0.3) is 0 Å². The minimum atomic E-state index is -5.61. The molecule has 0 aromatic heterocycles. The number of halogens is 2. The number of rotatable bonds is 8. The van der Waals surface area contributed by atoms with Crippen LogP contribution < -0.4 is 0 Å². The van der Waals surface area contributed by atoms with E-state index in [0.717, 1.165) is 35.1 Å². The molecule has 43 heavy (non-hydrogen) atoms. The van der Waals surface area contributed by atoms with Gasteiger partial charge in [0.2, 0.25) is 0 Å². The molecule has 1 saturated heterocycles. The van der Waals surface area contributed by atoms with Crippen molar-refractivity contribution < 1.29 is 50.3 Å². The van der Waals surface area contributed by atoms with Crippen LogP contribution in [-0.4, -0.2) is 54.9 Å². The highest BCUT2D eigenvalue weighted by Gasteiger charge is 2.61. The van der Waals surface area contributed by atoms with E-state index < -0.39 is 82.6 Å². The summed E-state index contributed by atoms with van der Waals surface area (Å²) in [6, 6.07) is 15.1. The van der Waals surface area contributed by atoms with Gasteiger partial charge in [-0.05, 0) is 47.9 Å². The van der Waals surface area contributed by atoms with Crippen molar-refractivity contribution in [1.29, 1.82) is 0 Å². The summed E-state index contributed by atoms with van der Waals surface area (Å²) >= 11 is 0. The van der Waals surface area contributed by atoms with Crippen molar-refractivity contribution in [3.8, 4) is 0 Å². The topological polar surface area (TPSA) is 133 Å². The quantitative estimate of drug-likeness (QED) is 0.201. The van der Waals surface area contributed by atoms with Crippen LogP contribution in [0.5, 0.6) is 0 Å². The van der Waals surface area contributed by atoms with Gasteiger partial charge in [-0.25, -0.2) is 0 Å². The Labute approximate surface area is 246 Å². The molecule has 1 aliphatic heterocycles. The van der Waals surface area contributed by atoms with E-state index in [2.05, 4.69) is 0 Å². The molecule has 9 rings (SSSR count). The molecule has 6 bridgehead atoms. The van der Waals surface area contributed by atoms with Gasteiger partial charge in [0.05, 0.1) is 24.4 Å². The van der Waals surface area contributed by atoms with E-state index in [0.29, 0.717) is 6.42 Å². The molecule has 2 aromatic carbocycles. The van der Waals surface area contributed by atoms with Crippen molar-refractivity contribution in [1.82, 2.24) is 0 Å². The van der Waals surface area contributed by atoms with Crippen molar-refractivity contribution in [2.24, 2.45) is 29.6 Å². The first-order valence-corrected chi connectivity index (χ1v) is 16.0. The predicted molar refractivity (Wildman–Crippen MR) is 144 cm³/mol. The Morgan fingerprint density at radius 3 is 2.05 bits per heavy atom. The number of benzene rings is 2. The molecule has 1 heterocycles. The van der Waals surface area contributed by atoms with Crippen LogP contribution >= 0.6 is 0 Å². The van der Waals surface area contributed by atoms with Gasteiger partial charge in [0.1, 0.15) is 12.2 Å². The lowest BCUT2D eigenvalue weighted by Crippen LogP contribution is -2.53. The lowest BCUT2D eigenvalue weighted by molar-refractivity contribution is -0.182. The maximum atomic E-state index is 14.2. The monoisotopic (exact) mass is 616 g/mol. The molecule has 7 unspecified atom stereocenters. The summed E-state index contributed by atoms with van der Waals surface area (Å²) in [6.45, 7) is -0.533. The van der Waals surface area contributed by atoms with E-state index in [1.165, 1.54) is 0 Å². The van der Waals surface area contributed by atoms with Gasteiger partial charge in [0.25, 0.3) is 0 Å². The van der Waals surface area contributed by atoms with Crippen LogP contribution in [0.15, 0.2) is 48.5 Å². The third-order valence-corrected chi connectivity index (χ3v) is 11.1. The number of fused-ring (bicyclic) bond motifs is 2. The fourth-order valence-electron chi connectivity index (χ4n) is 8.37. The molecule has 3 saturated carbocycles. The minimum absolute atomic E-state index is 0.00110. The lowest BCUT2D eigenvalue weighted by atomic mass is 9.54. The predicted octanol–water partition coefficient (Wildman–Crippen LogP) is 4.20. The van der Waals surface area contributed by atoms with E-state index in [-0.39, 0.29) is 23.7 Å². The zero-order valence-electron chi connectivity index (χ0n) is 22.9. The SMILES string of the molecule is O=C1OC2C3CCC(CC13)C2OC(=O)C1C2c3ccccc3C(c3ccccc32)C1C(=O)OCCCC(F)(F)S(=O)(=O)O. The van der Waals surface area contributed by atoms with E-state index in [9.17, 15) is 31.6 Å². The first kappa shape index (κ1) is 28.4. The standard InChI is InChI=1S/C31H30F2O9S/c32-31(33,43(37,38)39)12-5-13-40-29(35)24-22-16-6-1-3-8-18(16)23(19-9-4-2-7-17(19)22)25(24)30(36)41-26-15-10-11-20-21(14-15)28(34)42-27(20)26/h1-4,6-9,15,20-27H,5,10-14H2,(H,37,38,39). The van der Waals surface area contributed by atoms with Gasteiger partial charge < -0.3 is 14.2 Å². The number of hydrogen-bond donors (Lipinski definition) is 1. The summed E-state index contributed by atoms with van der Waals surface area (Å²) in [5.41, 5.74) is 3.50. The Balaban J connectivity index is 1.20. The third kappa shape index (κ3) is 4.39. The maximum Gasteiger partial charge on any atom is 0.370 e. The average Bonchev–Trinajstić information content (AvgIpc) is 3.26. The van der Waals surface area contributed by atoms with E-state index in [1.54, 1.807) is 0 Å². The largest absolute Gasteiger partial charge is 0.465 e. The summed E-state index contributed by atoms with van der Waals surface area (Å²) in [6.07, 6.45) is -0.642. The second-order valence-electron chi connectivity index (χ2n) is 12.3. The van der Waals surface area contributed by atoms with Crippen LogP contribution in [0.3, 0.4) is 0 Å². The van der Waals surface area contributed by atoms with Crippen molar-refractivity contribution >= 4 is 28.0 Å². The van der Waals surface area contributed by atoms with E-state index >= 15 is 0 Å². The zero-order valence-corrected chi connectivity index (χ0v) is 23.8. The molecule has 0 radical (unpaired) electrons. The van der Waals surface area contributed by atoms with E-state index in [4.69, 9.17) is 18.8 Å². The number of esters is 3. The third-order valence-electron chi connectivity index (χ3n) is 10.2. The first-order valence-electron chi connectivity index (χ1n) is 14.6. The first-order chi connectivity index (χ1) is 20.5. The minimum Gasteiger partial charge on any atom is -0.465 e. The van der Waals surface area contributed by atoms with Gasteiger partial charge in [-0.2, -0.15) is 17.2 Å². The van der Waals surface area contributed by atoms with Gasteiger partial charge >= 0.3 is 33.3 Å². The molecule has 7 atom stereocenters. The van der Waals surface area contributed by atoms with Crippen molar-refractivity contribution in [3.05, 3.63) is 70.8 Å². The molecule has 12 heteroatoms. The smallest absolute Gasteiger partial charge is 0.370 e. The highest BCUT2D eigenvalue weighted by atomic mass is 32.2. The van der Waals surface area contributed by atoms with Gasteiger partial charge in [-0.1, -0.05) is 48.5 Å². The fraction of sp³-hybridized carbons (Fsp3) is 0.516. The van der Waals surface area contributed by atoms with E-state index in [1.807, 2.05) is 48.5 Å². The van der Waals surface area contributed by atoms with Gasteiger partial charge in [-0.15, -0.1) is 0 Å². The van der Waals surface area contributed by atoms with Gasteiger partial charge in [0, 0.05) is 30.1 Å². The molecule has 1 N–H and O–H groups in total. The summed E-state index contributed by atoms with van der Waals surface area (Å²) in [4.78, 5) is 40.4. The molecule has 0 spiro atoms. The van der Waals surface area contributed by atoms with Crippen LogP contribution in [0.4, 0.5) is 8.78 Å². The number of hydrogen-bond acceptors (Lipinski definition) is 8. The molecule has 2 aromatic rings.